The van der Waals surface area contributed by atoms with Gasteiger partial charge in [-0.05, 0) is 83.5 Å². The van der Waals surface area contributed by atoms with E-state index in [1.165, 1.54) is 128 Å². The summed E-state index contributed by atoms with van der Waals surface area (Å²) in [6.45, 7) is 6.48. The van der Waals surface area contributed by atoms with Gasteiger partial charge in [-0.25, -0.2) is 0 Å². The summed E-state index contributed by atoms with van der Waals surface area (Å²) >= 11 is 0. The summed E-state index contributed by atoms with van der Waals surface area (Å²) in [5, 5.41) is 0. The molecule has 0 rings (SSSR count). The molecule has 6 heteroatoms. The molecular weight excluding hydrogens is 829 g/mol. The number of ether oxygens (including phenoxy) is 3. The maximum absolute atomic E-state index is 12.8. The zero-order valence-electron chi connectivity index (χ0n) is 44.2. The number of allylic oxidation sites excluding steroid dienone is 12. The summed E-state index contributed by atoms with van der Waals surface area (Å²) in [6, 6.07) is 0. The number of carbonyl (C=O) groups is 3. The SMILES string of the molecule is CC/C=C\C/C=C\C/C=C\C/C=C\CCCCCCCCCCCCCCC(=O)OCC(COC(=O)CCCCCCCCCCCC)OC(=O)CCCCCCC/C=C\C/C=C\CCCC. The minimum absolute atomic E-state index is 0.0790. The van der Waals surface area contributed by atoms with Gasteiger partial charge in [0.05, 0.1) is 0 Å². The Balaban J connectivity index is 4.23. The van der Waals surface area contributed by atoms with Gasteiger partial charge in [0.15, 0.2) is 6.10 Å². The van der Waals surface area contributed by atoms with Crippen LogP contribution in [0.25, 0.3) is 0 Å². The topological polar surface area (TPSA) is 78.9 Å². The van der Waals surface area contributed by atoms with E-state index in [0.717, 1.165) is 109 Å². The molecule has 0 aliphatic heterocycles. The first kappa shape index (κ1) is 63.8. The lowest BCUT2D eigenvalue weighted by Gasteiger charge is -2.18. The Morgan fingerprint density at radius 3 is 0.955 bits per heavy atom. The first-order valence-electron chi connectivity index (χ1n) is 28.4. The Morgan fingerprint density at radius 1 is 0.313 bits per heavy atom. The predicted octanol–water partition coefficient (Wildman–Crippen LogP) is 19.0. The third kappa shape index (κ3) is 53.7. The maximum Gasteiger partial charge on any atom is 0.306 e. The van der Waals surface area contributed by atoms with Gasteiger partial charge in [-0.3, -0.25) is 14.4 Å². The minimum atomic E-state index is -0.780. The van der Waals surface area contributed by atoms with Crippen LogP contribution in [0.4, 0.5) is 0 Å². The molecule has 386 valence electrons. The van der Waals surface area contributed by atoms with Crippen molar-refractivity contribution in [2.45, 2.75) is 284 Å². The molecule has 0 aliphatic rings. The van der Waals surface area contributed by atoms with E-state index in [-0.39, 0.29) is 31.1 Å². The standard InChI is InChI=1S/C61H106O6/c1-4-7-10-13-16-19-22-24-26-27-28-29-30-31-32-33-34-35-36-38-39-42-45-48-51-54-60(63)66-57-58(56-65-59(62)53-50-47-44-41-21-18-15-12-9-6-3)67-61(64)55-52-49-46-43-40-37-25-23-20-17-14-11-8-5-2/h7,10,14,16-17,19,23-26,28-29,58H,4-6,8-9,11-13,15,18,20-22,27,30-57H2,1-3H3/b10-7-,17-14-,19-16-,25-23-,26-24-,29-28-. The Kier molecular flexibility index (Phi) is 52.8. The third-order valence-corrected chi connectivity index (χ3v) is 12.2. The van der Waals surface area contributed by atoms with E-state index in [1.54, 1.807) is 0 Å². The minimum Gasteiger partial charge on any atom is -0.462 e. The van der Waals surface area contributed by atoms with Gasteiger partial charge in [0.2, 0.25) is 0 Å². The van der Waals surface area contributed by atoms with Gasteiger partial charge in [0, 0.05) is 19.3 Å². The monoisotopic (exact) mass is 935 g/mol. The number of rotatable bonds is 51. The number of hydrogen-bond donors (Lipinski definition) is 0. The van der Waals surface area contributed by atoms with E-state index in [1.807, 2.05) is 0 Å². The van der Waals surface area contributed by atoms with Crippen molar-refractivity contribution in [2.75, 3.05) is 13.2 Å². The van der Waals surface area contributed by atoms with Crippen LogP contribution in [0.2, 0.25) is 0 Å². The average molecular weight is 936 g/mol. The molecule has 0 aromatic rings. The summed E-state index contributed by atoms with van der Waals surface area (Å²) in [5.41, 5.74) is 0. The van der Waals surface area contributed by atoms with Crippen molar-refractivity contribution in [1.29, 1.82) is 0 Å². The van der Waals surface area contributed by atoms with Crippen LogP contribution in [-0.2, 0) is 28.6 Å². The van der Waals surface area contributed by atoms with E-state index in [0.29, 0.717) is 19.3 Å². The van der Waals surface area contributed by atoms with E-state index in [9.17, 15) is 14.4 Å². The molecule has 1 unspecified atom stereocenters. The van der Waals surface area contributed by atoms with Crippen molar-refractivity contribution in [3.8, 4) is 0 Å². The smallest absolute Gasteiger partial charge is 0.306 e. The van der Waals surface area contributed by atoms with Crippen LogP contribution in [0.1, 0.15) is 278 Å². The summed E-state index contributed by atoms with van der Waals surface area (Å²) in [4.78, 5) is 38.0. The van der Waals surface area contributed by atoms with Crippen molar-refractivity contribution in [3.63, 3.8) is 0 Å². The molecule has 0 aromatic heterocycles. The molecule has 0 bridgehead atoms. The largest absolute Gasteiger partial charge is 0.462 e. The van der Waals surface area contributed by atoms with Crippen LogP contribution in [-0.4, -0.2) is 37.2 Å². The lowest BCUT2D eigenvalue weighted by molar-refractivity contribution is -0.167. The highest BCUT2D eigenvalue weighted by Gasteiger charge is 2.19. The maximum atomic E-state index is 12.8. The van der Waals surface area contributed by atoms with Gasteiger partial charge in [-0.15, -0.1) is 0 Å². The first-order valence-corrected chi connectivity index (χ1v) is 28.4. The fraction of sp³-hybridized carbons (Fsp3) is 0.754. The molecule has 0 amide bonds. The summed E-state index contributed by atoms with van der Waals surface area (Å²) in [5.74, 6) is -0.890. The van der Waals surface area contributed by atoms with Crippen molar-refractivity contribution in [1.82, 2.24) is 0 Å². The second-order valence-electron chi connectivity index (χ2n) is 18.8. The summed E-state index contributed by atoms with van der Waals surface area (Å²) < 4.78 is 16.8. The highest BCUT2D eigenvalue weighted by Crippen LogP contribution is 2.16. The van der Waals surface area contributed by atoms with Crippen molar-refractivity contribution in [3.05, 3.63) is 72.9 Å². The first-order chi connectivity index (χ1) is 33.0. The van der Waals surface area contributed by atoms with Crippen LogP contribution in [0.5, 0.6) is 0 Å². The zero-order chi connectivity index (χ0) is 48.6. The summed E-state index contributed by atoms with van der Waals surface area (Å²) in [6.07, 6.45) is 70.4. The quantitative estimate of drug-likeness (QED) is 0.0262. The van der Waals surface area contributed by atoms with E-state index < -0.39 is 6.10 Å². The molecule has 0 N–H and O–H groups in total. The zero-order valence-corrected chi connectivity index (χ0v) is 44.2. The fourth-order valence-corrected chi connectivity index (χ4v) is 7.92. The van der Waals surface area contributed by atoms with Crippen LogP contribution >= 0.6 is 0 Å². The predicted molar refractivity (Wildman–Crippen MR) is 288 cm³/mol. The van der Waals surface area contributed by atoms with Gasteiger partial charge in [-0.2, -0.15) is 0 Å². The van der Waals surface area contributed by atoms with E-state index in [4.69, 9.17) is 14.2 Å². The number of hydrogen-bond acceptors (Lipinski definition) is 6. The highest BCUT2D eigenvalue weighted by molar-refractivity contribution is 5.71. The van der Waals surface area contributed by atoms with Gasteiger partial charge in [-0.1, -0.05) is 248 Å². The molecular formula is C61H106O6. The van der Waals surface area contributed by atoms with Gasteiger partial charge in [0.25, 0.3) is 0 Å². The highest BCUT2D eigenvalue weighted by atomic mass is 16.6. The van der Waals surface area contributed by atoms with Crippen molar-refractivity contribution < 1.29 is 28.6 Å². The second kappa shape index (κ2) is 55.4. The molecule has 0 aromatic carbocycles. The lowest BCUT2D eigenvalue weighted by atomic mass is 10.0. The van der Waals surface area contributed by atoms with E-state index >= 15 is 0 Å². The molecule has 0 heterocycles. The normalized spacial score (nSPS) is 12.6. The Morgan fingerprint density at radius 2 is 0.597 bits per heavy atom. The lowest BCUT2D eigenvalue weighted by Crippen LogP contribution is -2.30. The average Bonchev–Trinajstić information content (AvgIpc) is 3.33. The van der Waals surface area contributed by atoms with Crippen molar-refractivity contribution in [2.24, 2.45) is 0 Å². The van der Waals surface area contributed by atoms with Crippen LogP contribution in [0.15, 0.2) is 72.9 Å². The second-order valence-corrected chi connectivity index (χ2v) is 18.8. The van der Waals surface area contributed by atoms with Crippen LogP contribution in [0, 0.1) is 0 Å². The van der Waals surface area contributed by atoms with Gasteiger partial charge >= 0.3 is 17.9 Å². The van der Waals surface area contributed by atoms with Crippen molar-refractivity contribution >= 4 is 17.9 Å². The molecule has 0 saturated carbocycles. The van der Waals surface area contributed by atoms with Crippen LogP contribution < -0.4 is 0 Å². The number of unbranched alkanes of at least 4 members (excludes halogenated alkanes) is 28. The van der Waals surface area contributed by atoms with Crippen LogP contribution in [0.3, 0.4) is 0 Å². The molecule has 1 atom stereocenters. The van der Waals surface area contributed by atoms with Gasteiger partial charge < -0.3 is 14.2 Å². The third-order valence-electron chi connectivity index (χ3n) is 12.2. The molecule has 0 spiro atoms. The molecule has 67 heavy (non-hydrogen) atoms. The number of esters is 3. The Labute approximate surface area is 414 Å². The molecule has 0 fully saturated rings. The molecule has 0 saturated heterocycles. The molecule has 0 radical (unpaired) electrons. The summed E-state index contributed by atoms with van der Waals surface area (Å²) in [7, 11) is 0. The Hall–Kier alpha value is -3.15. The molecule has 6 nitrogen and oxygen atoms in total. The van der Waals surface area contributed by atoms with Gasteiger partial charge in [0.1, 0.15) is 13.2 Å². The Bertz CT molecular complexity index is 1260. The fourth-order valence-electron chi connectivity index (χ4n) is 7.92. The number of carbonyl (C=O) groups excluding carboxylic acids is 3. The molecule has 0 aliphatic carbocycles. The van der Waals surface area contributed by atoms with E-state index in [2.05, 4.69) is 93.7 Å².